The Labute approximate surface area is 168 Å². The minimum atomic E-state index is -0.430. The largest absolute Gasteiger partial charge is 0.423 e. The minimum absolute atomic E-state index is 0.171. The third kappa shape index (κ3) is 4.09. The van der Waals surface area contributed by atoms with Gasteiger partial charge in [0.25, 0.3) is 5.91 Å². The molecule has 0 saturated carbocycles. The van der Waals surface area contributed by atoms with Crippen molar-refractivity contribution in [3.05, 3.63) is 121 Å². The highest BCUT2D eigenvalue weighted by atomic mass is 16.5. The molecule has 0 aliphatic heterocycles. The summed E-state index contributed by atoms with van der Waals surface area (Å²) in [6, 6.07) is 28.4. The first-order valence-electron chi connectivity index (χ1n) is 9.12. The van der Waals surface area contributed by atoms with Crippen LogP contribution in [0.3, 0.4) is 0 Å². The molecule has 1 amide bonds. The molecule has 5 nitrogen and oxygen atoms in total. The van der Waals surface area contributed by atoms with Gasteiger partial charge in [0, 0.05) is 18.0 Å². The molecular formula is C24H18N2O3. The van der Waals surface area contributed by atoms with Crippen molar-refractivity contribution in [2.75, 3.05) is 5.01 Å². The van der Waals surface area contributed by atoms with Crippen LogP contribution < -0.4 is 9.75 Å². The maximum atomic E-state index is 13.1. The van der Waals surface area contributed by atoms with Gasteiger partial charge in [-0.15, -0.1) is 0 Å². The van der Waals surface area contributed by atoms with E-state index in [1.807, 2.05) is 36.4 Å². The minimum Gasteiger partial charge on any atom is -0.423 e. The van der Waals surface area contributed by atoms with E-state index < -0.39 is 5.97 Å². The average Bonchev–Trinajstić information content (AvgIpc) is 3.30. The highest BCUT2D eigenvalue weighted by molar-refractivity contribution is 6.05. The molecule has 0 aliphatic carbocycles. The predicted octanol–water partition coefficient (Wildman–Crippen LogP) is 4.82. The van der Waals surface area contributed by atoms with Crippen LogP contribution in [0.25, 0.3) is 0 Å². The van der Waals surface area contributed by atoms with Crippen LogP contribution >= 0.6 is 0 Å². The lowest BCUT2D eigenvalue weighted by Crippen LogP contribution is -2.35. The number of hydrogen-bond donors (Lipinski definition) is 0. The Kier molecular flexibility index (Phi) is 5.21. The van der Waals surface area contributed by atoms with E-state index in [0.717, 1.165) is 0 Å². The lowest BCUT2D eigenvalue weighted by Gasteiger charge is -2.24. The second-order valence-electron chi connectivity index (χ2n) is 6.30. The maximum absolute atomic E-state index is 13.1. The molecule has 0 spiro atoms. The van der Waals surface area contributed by atoms with Gasteiger partial charge in [0.1, 0.15) is 5.75 Å². The lowest BCUT2D eigenvalue weighted by atomic mass is 10.2. The van der Waals surface area contributed by atoms with Crippen LogP contribution in [0.15, 0.2) is 109 Å². The summed E-state index contributed by atoms with van der Waals surface area (Å²) in [5.74, 6) is -0.195. The molecule has 0 atom stereocenters. The van der Waals surface area contributed by atoms with E-state index in [2.05, 4.69) is 0 Å². The molecule has 29 heavy (non-hydrogen) atoms. The van der Waals surface area contributed by atoms with Gasteiger partial charge in [-0.25, -0.2) is 9.80 Å². The summed E-state index contributed by atoms with van der Waals surface area (Å²) in [4.78, 5) is 25.3. The third-order valence-electron chi connectivity index (χ3n) is 4.33. The van der Waals surface area contributed by atoms with Crippen molar-refractivity contribution >= 4 is 17.6 Å². The second-order valence-corrected chi connectivity index (χ2v) is 6.30. The van der Waals surface area contributed by atoms with Crippen molar-refractivity contribution in [3.63, 3.8) is 0 Å². The van der Waals surface area contributed by atoms with Crippen LogP contribution in [0.2, 0.25) is 0 Å². The molecule has 1 aromatic heterocycles. The molecule has 3 aromatic carbocycles. The molecule has 142 valence electrons. The molecule has 0 aliphatic rings. The van der Waals surface area contributed by atoms with Crippen molar-refractivity contribution < 1.29 is 14.3 Å². The zero-order valence-electron chi connectivity index (χ0n) is 15.5. The fourth-order valence-corrected chi connectivity index (χ4v) is 2.91. The number of benzene rings is 3. The Hall–Kier alpha value is -4.12. The normalized spacial score (nSPS) is 10.3. The van der Waals surface area contributed by atoms with Crippen molar-refractivity contribution in [1.82, 2.24) is 4.68 Å². The summed E-state index contributed by atoms with van der Waals surface area (Å²) in [7, 11) is 0. The summed E-state index contributed by atoms with van der Waals surface area (Å²) in [6.07, 6.45) is 3.59. The number of esters is 1. The summed E-state index contributed by atoms with van der Waals surface area (Å²) in [6.45, 7) is 0. The van der Waals surface area contributed by atoms with E-state index in [1.165, 1.54) is 0 Å². The fraction of sp³-hybridized carbons (Fsp3) is 0. The Morgan fingerprint density at radius 1 is 0.655 bits per heavy atom. The highest BCUT2D eigenvalue weighted by Crippen LogP contribution is 2.23. The molecular weight excluding hydrogens is 364 g/mol. The number of aromatic nitrogens is 1. The number of hydrogen-bond acceptors (Lipinski definition) is 3. The van der Waals surface area contributed by atoms with Crippen molar-refractivity contribution in [2.24, 2.45) is 0 Å². The van der Waals surface area contributed by atoms with Gasteiger partial charge in [-0.3, -0.25) is 9.47 Å². The number of carbonyl (C=O) groups excluding carboxylic acids is 2. The van der Waals surface area contributed by atoms with Crippen LogP contribution in [0.1, 0.15) is 20.7 Å². The predicted molar refractivity (Wildman–Crippen MR) is 111 cm³/mol. The second kappa shape index (κ2) is 8.27. The molecule has 0 fully saturated rings. The Balaban J connectivity index is 1.59. The van der Waals surface area contributed by atoms with Gasteiger partial charge in [0.15, 0.2) is 0 Å². The molecule has 4 rings (SSSR count). The van der Waals surface area contributed by atoms with Crippen LogP contribution in [-0.2, 0) is 0 Å². The molecule has 1 heterocycles. The first kappa shape index (κ1) is 18.3. The molecule has 0 bridgehead atoms. The van der Waals surface area contributed by atoms with E-state index in [1.54, 1.807) is 82.7 Å². The molecule has 0 N–H and O–H groups in total. The Bertz CT molecular complexity index is 1090. The molecule has 0 saturated heterocycles. The number of nitrogens with zero attached hydrogens (tertiary/aromatic N) is 2. The fourth-order valence-electron chi connectivity index (χ4n) is 2.91. The summed E-state index contributed by atoms with van der Waals surface area (Å²) >= 11 is 0. The van der Waals surface area contributed by atoms with E-state index in [-0.39, 0.29) is 5.91 Å². The SMILES string of the molecule is O=C(Oc1ccc(N(C(=O)c2ccccc2)n2cccc2)cc1)c1ccccc1. The zero-order valence-corrected chi connectivity index (χ0v) is 15.5. The quantitative estimate of drug-likeness (QED) is 0.367. The number of ether oxygens (including phenoxy) is 1. The van der Waals surface area contributed by atoms with E-state index >= 15 is 0 Å². The number of carbonyl (C=O) groups is 2. The molecule has 0 radical (unpaired) electrons. The Morgan fingerprint density at radius 3 is 1.79 bits per heavy atom. The van der Waals surface area contributed by atoms with Gasteiger partial charge >= 0.3 is 5.97 Å². The van der Waals surface area contributed by atoms with Gasteiger partial charge in [0.2, 0.25) is 0 Å². The number of anilines is 1. The molecule has 5 heteroatoms. The van der Waals surface area contributed by atoms with E-state index in [4.69, 9.17) is 4.74 Å². The zero-order chi connectivity index (χ0) is 20.1. The standard InChI is InChI=1S/C24H18N2O3/c27-23(19-9-3-1-4-10-19)26(25-17-7-8-18-25)21-13-15-22(16-14-21)29-24(28)20-11-5-2-6-12-20/h1-18H. The average molecular weight is 382 g/mol. The molecule has 4 aromatic rings. The first-order chi connectivity index (χ1) is 14.2. The van der Waals surface area contributed by atoms with Crippen LogP contribution in [0.5, 0.6) is 5.75 Å². The van der Waals surface area contributed by atoms with Crippen molar-refractivity contribution in [3.8, 4) is 5.75 Å². The van der Waals surface area contributed by atoms with Gasteiger partial charge in [-0.1, -0.05) is 36.4 Å². The smallest absolute Gasteiger partial charge is 0.343 e. The lowest BCUT2D eigenvalue weighted by molar-refractivity contribution is 0.0734. The van der Waals surface area contributed by atoms with E-state index in [0.29, 0.717) is 22.6 Å². The topological polar surface area (TPSA) is 51.5 Å². The number of rotatable bonds is 5. The Morgan fingerprint density at radius 2 is 1.21 bits per heavy atom. The van der Waals surface area contributed by atoms with Crippen LogP contribution in [0, 0.1) is 0 Å². The number of amides is 1. The van der Waals surface area contributed by atoms with Gasteiger partial charge in [-0.05, 0) is 60.7 Å². The molecule has 0 unspecified atom stereocenters. The maximum Gasteiger partial charge on any atom is 0.343 e. The van der Waals surface area contributed by atoms with Crippen LogP contribution in [-0.4, -0.2) is 16.6 Å². The monoisotopic (exact) mass is 382 g/mol. The first-order valence-corrected chi connectivity index (χ1v) is 9.12. The summed E-state index contributed by atoms with van der Waals surface area (Å²) in [5, 5.41) is 1.55. The van der Waals surface area contributed by atoms with E-state index in [9.17, 15) is 9.59 Å². The summed E-state index contributed by atoms with van der Waals surface area (Å²) in [5.41, 5.74) is 1.69. The third-order valence-corrected chi connectivity index (χ3v) is 4.33. The van der Waals surface area contributed by atoms with Gasteiger partial charge < -0.3 is 4.74 Å². The highest BCUT2D eigenvalue weighted by Gasteiger charge is 2.19. The van der Waals surface area contributed by atoms with Crippen molar-refractivity contribution in [2.45, 2.75) is 0 Å². The van der Waals surface area contributed by atoms with Gasteiger partial charge in [-0.2, -0.15) is 0 Å². The van der Waals surface area contributed by atoms with Crippen molar-refractivity contribution in [1.29, 1.82) is 0 Å². The summed E-state index contributed by atoms with van der Waals surface area (Å²) < 4.78 is 7.13. The van der Waals surface area contributed by atoms with Gasteiger partial charge in [0.05, 0.1) is 11.3 Å². The van der Waals surface area contributed by atoms with Crippen LogP contribution in [0.4, 0.5) is 5.69 Å².